The third-order valence-electron chi connectivity index (χ3n) is 2.65. The van der Waals surface area contributed by atoms with Crippen LogP contribution < -0.4 is 4.74 Å². The van der Waals surface area contributed by atoms with Crippen molar-refractivity contribution in [2.45, 2.75) is 18.8 Å². The van der Waals surface area contributed by atoms with Crippen LogP contribution in [-0.4, -0.2) is 19.0 Å². The fourth-order valence-corrected chi connectivity index (χ4v) is 1.81. The molecule has 2 rings (SSSR count). The molecule has 0 spiro atoms. The first-order chi connectivity index (χ1) is 7.72. The molecule has 1 aliphatic heterocycles. The number of ether oxygens (including phenoxy) is 2. The molecule has 16 heavy (non-hydrogen) atoms. The molecule has 1 aromatic rings. The first-order valence-corrected chi connectivity index (χ1v) is 5.10. The van der Waals surface area contributed by atoms with Crippen LogP contribution in [0.4, 0.5) is 0 Å². The fraction of sp³-hybridized carbons (Fsp3) is 0.333. The van der Waals surface area contributed by atoms with E-state index in [9.17, 15) is 9.59 Å². The Balaban J connectivity index is 2.10. The molecular formula is C12H12O4. The van der Waals surface area contributed by atoms with Gasteiger partial charge in [-0.1, -0.05) is 18.2 Å². The van der Waals surface area contributed by atoms with Crippen molar-refractivity contribution in [1.82, 2.24) is 0 Å². The highest BCUT2D eigenvalue weighted by Crippen LogP contribution is 2.37. The number of fused-ring (bicyclic) bond motifs is 1. The smallest absolute Gasteiger partial charge is 0.318 e. The summed E-state index contributed by atoms with van der Waals surface area (Å²) in [6.45, 7) is 0. The van der Waals surface area contributed by atoms with E-state index in [1.54, 1.807) is 6.07 Å². The van der Waals surface area contributed by atoms with Gasteiger partial charge in [-0.25, -0.2) is 0 Å². The van der Waals surface area contributed by atoms with Crippen LogP contribution in [0.5, 0.6) is 5.75 Å². The van der Waals surface area contributed by atoms with Crippen LogP contribution in [0, 0.1) is 0 Å². The van der Waals surface area contributed by atoms with Gasteiger partial charge in [0.1, 0.15) is 5.75 Å². The summed E-state index contributed by atoms with van der Waals surface area (Å²) in [5, 5.41) is 0. The number of hydrogen-bond donors (Lipinski definition) is 0. The predicted molar refractivity (Wildman–Crippen MR) is 56.1 cm³/mol. The summed E-state index contributed by atoms with van der Waals surface area (Å²) >= 11 is 0. The average Bonchev–Trinajstić information content (AvgIpc) is 2.62. The predicted octanol–water partition coefficient (Wildman–Crippen LogP) is 1.64. The Bertz CT molecular complexity index is 425. The van der Waals surface area contributed by atoms with E-state index in [2.05, 4.69) is 4.74 Å². The Kier molecular flexibility index (Phi) is 2.90. The molecule has 1 heterocycles. The molecule has 0 aliphatic carbocycles. The average molecular weight is 220 g/mol. The van der Waals surface area contributed by atoms with Crippen LogP contribution in [-0.2, 0) is 14.3 Å². The first-order valence-electron chi connectivity index (χ1n) is 5.10. The van der Waals surface area contributed by atoms with Crippen LogP contribution in [0.2, 0.25) is 0 Å². The maximum atomic E-state index is 11.6. The van der Waals surface area contributed by atoms with Gasteiger partial charge in [0, 0.05) is 12.0 Å². The zero-order valence-corrected chi connectivity index (χ0v) is 8.93. The molecule has 4 nitrogen and oxygen atoms in total. The molecule has 1 aliphatic rings. The Labute approximate surface area is 93.2 Å². The lowest BCUT2D eigenvalue weighted by molar-refractivity contribution is -0.141. The third-order valence-corrected chi connectivity index (χ3v) is 2.65. The summed E-state index contributed by atoms with van der Waals surface area (Å²) in [6, 6.07) is 7.27. The van der Waals surface area contributed by atoms with E-state index in [1.807, 2.05) is 18.2 Å². The van der Waals surface area contributed by atoms with E-state index in [0.717, 1.165) is 5.56 Å². The van der Waals surface area contributed by atoms with Crippen LogP contribution in [0.3, 0.4) is 0 Å². The third kappa shape index (κ3) is 1.91. The highest BCUT2D eigenvalue weighted by molar-refractivity contribution is 5.86. The number of carbonyl (C=O) groups excluding carboxylic acids is 2. The van der Waals surface area contributed by atoms with Gasteiger partial charge in [-0.05, 0) is 12.5 Å². The van der Waals surface area contributed by atoms with E-state index >= 15 is 0 Å². The highest BCUT2D eigenvalue weighted by atomic mass is 16.5. The maximum absolute atomic E-state index is 11.6. The van der Waals surface area contributed by atoms with Crippen LogP contribution in [0.1, 0.15) is 24.3 Å². The normalized spacial score (nSPS) is 17.8. The zero-order valence-electron chi connectivity index (χ0n) is 8.93. The molecule has 84 valence electrons. The van der Waals surface area contributed by atoms with Crippen LogP contribution >= 0.6 is 0 Å². The van der Waals surface area contributed by atoms with Gasteiger partial charge in [0.25, 0.3) is 0 Å². The van der Waals surface area contributed by atoms with E-state index in [-0.39, 0.29) is 24.3 Å². The highest BCUT2D eigenvalue weighted by Gasteiger charge is 2.32. The van der Waals surface area contributed by atoms with Crippen LogP contribution in [0.25, 0.3) is 0 Å². The summed E-state index contributed by atoms with van der Waals surface area (Å²) in [5.74, 6) is -0.333. The molecule has 0 saturated heterocycles. The molecule has 1 atom stereocenters. The van der Waals surface area contributed by atoms with Gasteiger partial charge in [-0.2, -0.15) is 0 Å². The second kappa shape index (κ2) is 4.35. The van der Waals surface area contributed by atoms with Crippen molar-refractivity contribution >= 4 is 11.9 Å². The minimum Gasteiger partial charge on any atom is -0.469 e. The first kappa shape index (κ1) is 10.7. The maximum Gasteiger partial charge on any atom is 0.318 e. The van der Waals surface area contributed by atoms with Crippen molar-refractivity contribution in [3.05, 3.63) is 29.8 Å². The lowest BCUT2D eigenvalue weighted by atomic mass is 9.96. The zero-order chi connectivity index (χ0) is 11.5. The molecule has 1 aromatic carbocycles. The number of rotatable bonds is 3. The lowest BCUT2D eigenvalue weighted by Gasteiger charge is -2.05. The quantitative estimate of drug-likeness (QED) is 0.574. The monoisotopic (exact) mass is 220 g/mol. The summed E-state index contributed by atoms with van der Waals surface area (Å²) < 4.78 is 9.64. The minimum absolute atomic E-state index is 0.227. The van der Waals surface area contributed by atoms with Crippen molar-refractivity contribution in [2.24, 2.45) is 0 Å². The van der Waals surface area contributed by atoms with Crippen LogP contribution in [0.15, 0.2) is 24.3 Å². The molecule has 0 saturated carbocycles. The number of methoxy groups -OCH3 is 1. The largest absolute Gasteiger partial charge is 0.469 e. The Morgan fingerprint density at radius 1 is 1.44 bits per heavy atom. The number of para-hydroxylation sites is 1. The van der Waals surface area contributed by atoms with E-state index in [1.165, 1.54) is 7.11 Å². The van der Waals surface area contributed by atoms with Gasteiger partial charge in [0.15, 0.2) is 0 Å². The fourth-order valence-electron chi connectivity index (χ4n) is 1.81. The second-order valence-corrected chi connectivity index (χ2v) is 3.63. The number of esters is 2. The number of benzene rings is 1. The Morgan fingerprint density at radius 2 is 2.19 bits per heavy atom. The Morgan fingerprint density at radius 3 is 2.94 bits per heavy atom. The molecule has 4 heteroatoms. The summed E-state index contributed by atoms with van der Waals surface area (Å²) in [5.41, 5.74) is 0.858. The summed E-state index contributed by atoms with van der Waals surface area (Å²) in [6.07, 6.45) is 0.660. The lowest BCUT2D eigenvalue weighted by Crippen LogP contribution is -2.12. The van der Waals surface area contributed by atoms with Gasteiger partial charge < -0.3 is 9.47 Å². The molecule has 1 unspecified atom stereocenters. The van der Waals surface area contributed by atoms with Gasteiger partial charge in [-0.3, -0.25) is 9.59 Å². The van der Waals surface area contributed by atoms with E-state index in [0.29, 0.717) is 12.2 Å². The molecule has 0 bridgehead atoms. The van der Waals surface area contributed by atoms with Gasteiger partial charge in [-0.15, -0.1) is 0 Å². The van der Waals surface area contributed by atoms with Crippen molar-refractivity contribution in [1.29, 1.82) is 0 Å². The van der Waals surface area contributed by atoms with Gasteiger partial charge >= 0.3 is 11.9 Å². The second-order valence-electron chi connectivity index (χ2n) is 3.63. The standard InChI is InChI=1S/C12H12O4/c1-15-11(13)7-6-9-8-4-2-3-5-10(8)16-12(9)14/h2-5,9H,6-7H2,1H3. The molecular weight excluding hydrogens is 208 g/mol. The van der Waals surface area contributed by atoms with Crippen molar-refractivity contribution in [3.8, 4) is 5.75 Å². The SMILES string of the molecule is COC(=O)CCC1C(=O)Oc2ccccc21. The molecule has 0 fully saturated rings. The van der Waals surface area contributed by atoms with Gasteiger partial charge in [0.05, 0.1) is 13.0 Å². The van der Waals surface area contributed by atoms with Crippen molar-refractivity contribution in [3.63, 3.8) is 0 Å². The molecule has 0 N–H and O–H groups in total. The van der Waals surface area contributed by atoms with Crippen molar-refractivity contribution in [2.75, 3.05) is 7.11 Å². The molecule has 0 amide bonds. The topological polar surface area (TPSA) is 52.6 Å². The van der Waals surface area contributed by atoms with E-state index in [4.69, 9.17) is 4.74 Å². The number of carbonyl (C=O) groups is 2. The molecule has 0 radical (unpaired) electrons. The minimum atomic E-state index is -0.338. The van der Waals surface area contributed by atoms with E-state index < -0.39 is 0 Å². The summed E-state index contributed by atoms with van der Waals surface area (Å²) in [4.78, 5) is 22.6. The molecule has 0 aromatic heterocycles. The van der Waals surface area contributed by atoms with Crippen molar-refractivity contribution < 1.29 is 19.1 Å². The number of hydrogen-bond acceptors (Lipinski definition) is 4. The Hall–Kier alpha value is -1.84. The summed E-state index contributed by atoms with van der Waals surface area (Å²) in [7, 11) is 1.34. The van der Waals surface area contributed by atoms with Gasteiger partial charge in [0.2, 0.25) is 0 Å².